The minimum absolute atomic E-state index is 0.00707. The van der Waals surface area contributed by atoms with E-state index < -0.39 is 0 Å². The molecular formula is C12H23NO2. The molecule has 0 spiro atoms. The van der Waals surface area contributed by atoms with Crippen LogP contribution in [0.4, 0.5) is 0 Å². The highest BCUT2D eigenvalue weighted by Crippen LogP contribution is 2.27. The van der Waals surface area contributed by atoms with Crippen LogP contribution in [0.2, 0.25) is 0 Å². The van der Waals surface area contributed by atoms with Crippen LogP contribution in [0.3, 0.4) is 0 Å². The Kier molecular flexibility index (Phi) is 3.33. The number of nitrogens with zero attached hydrogens (tertiary/aromatic N) is 1. The van der Waals surface area contributed by atoms with Crippen LogP contribution in [0, 0.1) is 0 Å². The molecule has 0 saturated carbocycles. The summed E-state index contributed by atoms with van der Waals surface area (Å²) >= 11 is 0. The third kappa shape index (κ3) is 3.16. The van der Waals surface area contributed by atoms with Crippen molar-refractivity contribution in [1.82, 2.24) is 4.90 Å². The summed E-state index contributed by atoms with van der Waals surface area (Å²) in [6.45, 7) is 10.5. The molecule has 2 heterocycles. The average molecular weight is 213 g/mol. The molecule has 0 N–H and O–H groups in total. The van der Waals surface area contributed by atoms with E-state index in [-0.39, 0.29) is 5.60 Å². The fraction of sp³-hybridized carbons (Fsp3) is 1.00. The fourth-order valence-electron chi connectivity index (χ4n) is 2.40. The normalized spacial score (nSPS) is 31.4. The Morgan fingerprint density at radius 1 is 1.40 bits per heavy atom. The van der Waals surface area contributed by atoms with E-state index in [1.807, 2.05) is 0 Å². The van der Waals surface area contributed by atoms with E-state index in [0.717, 1.165) is 26.2 Å². The SMILES string of the molecule is CC(C)(C)OCCCN1C[C@@H]2C[C@H]1CO2. The largest absolute Gasteiger partial charge is 0.376 e. The lowest BCUT2D eigenvalue weighted by Gasteiger charge is -2.27. The number of rotatable bonds is 4. The third-order valence-corrected chi connectivity index (χ3v) is 3.14. The Balaban J connectivity index is 1.59. The number of morpholine rings is 1. The molecule has 2 fully saturated rings. The van der Waals surface area contributed by atoms with Crippen LogP contribution in [0.25, 0.3) is 0 Å². The lowest BCUT2D eigenvalue weighted by atomic mass is 10.2. The summed E-state index contributed by atoms with van der Waals surface area (Å²) in [5, 5.41) is 0. The summed E-state index contributed by atoms with van der Waals surface area (Å²) in [4.78, 5) is 2.56. The van der Waals surface area contributed by atoms with Gasteiger partial charge in [0.2, 0.25) is 0 Å². The molecule has 0 aliphatic carbocycles. The molecule has 0 amide bonds. The van der Waals surface area contributed by atoms with Crippen LogP contribution in [-0.4, -0.2) is 49.0 Å². The van der Waals surface area contributed by atoms with Crippen molar-refractivity contribution in [3.63, 3.8) is 0 Å². The van der Waals surface area contributed by atoms with Crippen LogP contribution in [-0.2, 0) is 9.47 Å². The van der Waals surface area contributed by atoms with Gasteiger partial charge in [-0.05, 0) is 33.6 Å². The zero-order valence-electron chi connectivity index (χ0n) is 10.2. The molecule has 2 rings (SSSR count). The molecule has 2 atom stereocenters. The van der Waals surface area contributed by atoms with Gasteiger partial charge in [-0.1, -0.05) is 0 Å². The Morgan fingerprint density at radius 3 is 2.73 bits per heavy atom. The average Bonchev–Trinajstić information content (AvgIpc) is 2.71. The van der Waals surface area contributed by atoms with Gasteiger partial charge in [0.25, 0.3) is 0 Å². The van der Waals surface area contributed by atoms with E-state index in [1.54, 1.807) is 0 Å². The third-order valence-electron chi connectivity index (χ3n) is 3.14. The van der Waals surface area contributed by atoms with Gasteiger partial charge in [0, 0.05) is 25.7 Å². The summed E-state index contributed by atoms with van der Waals surface area (Å²) in [6, 6.07) is 0.699. The molecule has 0 aromatic heterocycles. The highest BCUT2D eigenvalue weighted by atomic mass is 16.5. The second-order valence-corrected chi connectivity index (χ2v) is 5.65. The summed E-state index contributed by atoms with van der Waals surface area (Å²) in [5.74, 6) is 0. The molecule has 88 valence electrons. The van der Waals surface area contributed by atoms with Crippen molar-refractivity contribution >= 4 is 0 Å². The van der Waals surface area contributed by atoms with E-state index in [1.165, 1.54) is 13.0 Å². The molecule has 0 aromatic carbocycles. The van der Waals surface area contributed by atoms with E-state index >= 15 is 0 Å². The quantitative estimate of drug-likeness (QED) is 0.663. The maximum absolute atomic E-state index is 5.71. The van der Waals surface area contributed by atoms with Crippen molar-refractivity contribution < 1.29 is 9.47 Å². The minimum Gasteiger partial charge on any atom is -0.376 e. The van der Waals surface area contributed by atoms with Crippen molar-refractivity contribution in [2.75, 3.05) is 26.3 Å². The maximum atomic E-state index is 5.71. The van der Waals surface area contributed by atoms with Crippen LogP contribution < -0.4 is 0 Å². The summed E-state index contributed by atoms with van der Waals surface area (Å²) in [6.07, 6.45) is 2.92. The Labute approximate surface area is 92.7 Å². The highest BCUT2D eigenvalue weighted by Gasteiger charge is 2.38. The van der Waals surface area contributed by atoms with E-state index in [4.69, 9.17) is 9.47 Å². The molecule has 3 heteroatoms. The first-order chi connectivity index (χ1) is 7.04. The van der Waals surface area contributed by atoms with Gasteiger partial charge in [-0.25, -0.2) is 0 Å². The molecule has 0 radical (unpaired) electrons. The molecular weight excluding hydrogens is 190 g/mol. The molecule has 2 aliphatic heterocycles. The highest BCUT2D eigenvalue weighted by molar-refractivity contribution is 4.91. The van der Waals surface area contributed by atoms with E-state index in [2.05, 4.69) is 25.7 Å². The minimum atomic E-state index is 0.00707. The molecule has 0 aromatic rings. The monoisotopic (exact) mass is 213 g/mol. The Hall–Kier alpha value is -0.120. The van der Waals surface area contributed by atoms with Gasteiger partial charge in [0.05, 0.1) is 18.3 Å². The number of fused-ring (bicyclic) bond motifs is 2. The van der Waals surface area contributed by atoms with Gasteiger partial charge in [-0.2, -0.15) is 0 Å². The zero-order valence-corrected chi connectivity index (χ0v) is 10.2. The van der Waals surface area contributed by atoms with Crippen molar-refractivity contribution in [3.8, 4) is 0 Å². The Bertz CT molecular complexity index is 212. The number of hydrogen-bond acceptors (Lipinski definition) is 3. The van der Waals surface area contributed by atoms with Gasteiger partial charge in [0.15, 0.2) is 0 Å². The van der Waals surface area contributed by atoms with Crippen LogP contribution in [0.5, 0.6) is 0 Å². The van der Waals surface area contributed by atoms with E-state index in [0.29, 0.717) is 12.1 Å². The van der Waals surface area contributed by atoms with Crippen molar-refractivity contribution in [2.24, 2.45) is 0 Å². The molecule has 0 unspecified atom stereocenters. The predicted molar refractivity (Wildman–Crippen MR) is 60.0 cm³/mol. The molecule has 2 saturated heterocycles. The van der Waals surface area contributed by atoms with Gasteiger partial charge in [-0.15, -0.1) is 0 Å². The second-order valence-electron chi connectivity index (χ2n) is 5.65. The predicted octanol–water partition coefficient (Wildman–Crippen LogP) is 1.66. The van der Waals surface area contributed by atoms with Crippen molar-refractivity contribution in [1.29, 1.82) is 0 Å². The van der Waals surface area contributed by atoms with Crippen LogP contribution in [0.1, 0.15) is 33.6 Å². The smallest absolute Gasteiger partial charge is 0.0718 e. The standard InChI is InChI=1S/C12H23NO2/c1-12(2,3)15-6-4-5-13-8-11-7-10(13)9-14-11/h10-11H,4-9H2,1-3H3/t10-,11-/m0/s1. The maximum Gasteiger partial charge on any atom is 0.0718 e. The summed E-state index contributed by atoms with van der Waals surface area (Å²) < 4.78 is 11.3. The lowest BCUT2D eigenvalue weighted by Crippen LogP contribution is -2.38. The first kappa shape index (κ1) is 11.4. The van der Waals surface area contributed by atoms with Gasteiger partial charge in [-0.3, -0.25) is 4.90 Å². The van der Waals surface area contributed by atoms with Crippen LogP contribution in [0.15, 0.2) is 0 Å². The van der Waals surface area contributed by atoms with E-state index in [9.17, 15) is 0 Å². The topological polar surface area (TPSA) is 21.7 Å². The van der Waals surface area contributed by atoms with Gasteiger partial charge >= 0.3 is 0 Å². The summed E-state index contributed by atoms with van der Waals surface area (Å²) in [5.41, 5.74) is 0.00707. The lowest BCUT2D eigenvalue weighted by molar-refractivity contribution is -0.0137. The fourth-order valence-corrected chi connectivity index (χ4v) is 2.40. The number of likely N-dealkylation sites (tertiary alicyclic amines) is 1. The molecule has 2 bridgehead atoms. The first-order valence-corrected chi connectivity index (χ1v) is 6.04. The molecule has 3 nitrogen and oxygen atoms in total. The van der Waals surface area contributed by atoms with Crippen LogP contribution >= 0.6 is 0 Å². The molecule has 2 aliphatic rings. The number of ether oxygens (including phenoxy) is 2. The van der Waals surface area contributed by atoms with Crippen molar-refractivity contribution in [2.45, 2.75) is 51.4 Å². The van der Waals surface area contributed by atoms with Gasteiger partial charge in [0.1, 0.15) is 0 Å². The number of hydrogen-bond donors (Lipinski definition) is 0. The second kappa shape index (κ2) is 4.40. The van der Waals surface area contributed by atoms with Crippen molar-refractivity contribution in [3.05, 3.63) is 0 Å². The molecule has 15 heavy (non-hydrogen) atoms. The first-order valence-electron chi connectivity index (χ1n) is 6.04. The Morgan fingerprint density at radius 2 is 2.20 bits per heavy atom. The zero-order chi connectivity index (χ0) is 10.9. The van der Waals surface area contributed by atoms with Gasteiger partial charge < -0.3 is 9.47 Å². The summed E-state index contributed by atoms with van der Waals surface area (Å²) in [7, 11) is 0.